The van der Waals surface area contributed by atoms with Crippen molar-refractivity contribution in [1.29, 1.82) is 0 Å². The first-order valence-corrected chi connectivity index (χ1v) is 5.60. The fourth-order valence-electron chi connectivity index (χ4n) is 1.48. The average molecular weight is 239 g/mol. The highest BCUT2D eigenvalue weighted by Crippen LogP contribution is 2.14. The van der Waals surface area contributed by atoms with E-state index in [9.17, 15) is 4.79 Å². The van der Waals surface area contributed by atoms with E-state index in [1.54, 1.807) is 24.5 Å². The van der Waals surface area contributed by atoms with E-state index < -0.39 is 0 Å². The summed E-state index contributed by atoms with van der Waals surface area (Å²) in [4.78, 5) is 14.7. The number of carbonyl (C=O) groups excluding carboxylic acids is 1. The van der Waals surface area contributed by atoms with Gasteiger partial charge in [0.2, 0.25) is 0 Å². The van der Waals surface area contributed by atoms with Crippen LogP contribution >= 0.6 is 0 Å². The van der Waals surface area contributed by atoms with E-state index in [4.69, 9.17) is 4.74 Å². The minimum absolute atomic E-state index is 0.310. The number of carbonyl (C=O) groups is 1. The van der Waals surface area contributed by atoms with Gasteiger partial charge in [0.1, 0.15) is 5.75 Å². The van der Waals surface area contributed by atoms with Crippen LogP contribution < -0.4 is 4.74 Å². The molecular weight excluding hydrogens is 226 g/mol. The lowest BCUT2D eigenvalue weighted by atomic mass is 10.1. The Morgan fingerprint density at radius 3 is 2.11 bits per heavy atom. The second-order valence-corrected chi connectivity index (χ2v) is 3.78. The van der Waals surface area contributed by atoms with E-state index in [0.717, 1.165) is 11.1 Å². The van der Waals surface area contributed by atoms with Gasteiger partial charge in [-0.05, 0) is 35.4 Å². The second kappa shape index (κ2) is 5.77. The molecule has 1 aromatic heterocycles. The van der Waals surface area contributed by atoms with E-state index in [-0.39, 0.29) is 5.97 Å². The number of hydrogen-bond acceptors (Lipinski definition) is 3. The molecule has 0 aliphatic rings. The molecule has 0 saturated carbocycles. The molecule has 0 aliphatic heterocycles. The Morgan fingerprint density at radius 2 is 1.56 bits per heavy atom. The first-order chi connectivity index (χ1) is 8.74. The van der Waals surface area contributed by atoms with Crippen molar-refractivity contribution >= 4 is 18.1 Å². The molecule has 90 valence electrons. The molecule has 2 rings (SSSR count). The smallest absolute Gasteiger partial charge is 0.308 e. The molecule has 0 bridgehead atoms. The number of pyridine rings is 1. The Morgan fingerprint density at radius 1 is 1.00 bits per heavy atom. The van der Waals surface area contributed by atoms with E-state index in [0.29, 0.717) is 5.75 Å². The number of rotatable bonds is 3. The molecule has 0 aliphatic carbocycles. The largest absolute Gasteiger partial charge is 0.427 e. The van der Waals surface area contributed by atoms with E-state index in [2.05, 4.69) is 4.98 Å². The summed E-state index contributed by atoms with van der Waals surface area (Å²) in [6.45, 7) is 1.39. The molecule has 1 heterocycles. The van der Waals surface area contributed by atoms with Gasteiger partial charge in [-0.25, -0.2) is 0 Å². The van der Waals surface area contributed by atoms with Crippen LogP contribution in [0.1, 0.15) is 18.1 Å². The molecule has 0 atom stereocenters. The number of esters is 1. The molecule has 3 heteroatoms. The first-order valence-electron chi connectivity index (χ1n) is 5.60. The summed E-state index contributed by atoms with van der Waals surface area (Å²) in [6, 6.07) is 11.2. The third kappa shape index (κ3) is 3.56. The van der Waals surface area contributed by atoms with Crippen LogP contribution in [0, 0.1) is 0 Å². The Bertz CT molecular complexity index is 544. The van der Waals surface area contributed by atoms with E-state index in [1.165, 1.54) is 6.92 Å². The summed E-state index contributed by atoms with van der Waals surface area (Å²) in [5.74, 6) is 0.249. The molecule has 0 saturated heterocycles. The van der Waals surface area contributed by atoms with Gasteiger partial charge in [0.15, 0.2) is 0 Å². The molecule has 0 amide bonds. The van der Waals surface area contributed by atoms with Crippen molar-refractivity contribution in [3.8, 4) is 5.75 Å². The third-order valence-corrected chi connectivity index (χ3v) is 2.32. The van der Waals surface area contributed by atoms with E-state index in [1.807, 2.05) is 36.4 Å². The van der Waals surface area contributed by atoms with Gasteiger partial charge in [-0.15, -0.1) is 0 Å². The minimum Gasteiger partial charge on any atom is -0.427 e. The SMILES string of the molecule is CC(=O)Oc1ccc(/C=C/c2ccncc2)cc1. The van der Waals surface area contributed by atoms with Crippen LogP contribution in [-0.2, 0) is 4.79 Å². The number of hydrogen-bond donors (Lipinski definition) is 0. The molecule has 18 heavy (non-hydrogen) atoms. The van der Waals surface area contributed by atoms with Gasteiger partial charge >= 0.3 is 5.97 Å². The predicted octanol–water partition coefficient (Wildman–Crippen LogP) is 3.18. The van der Waals surface area contributed by atoms with Gasteiger partial charge < -0.3 is 4.74 Å². The van der Waals surface area contributed by atoms with Crippen LogP contribution in [0.3, 0.4) is 0 Å². The van der Waals surface area contributed by atoms with E-state index >= 15 is 0 Å². The van der Waals surface area contributed by atoms with Crippen LogP contribution in [0.2, 0.25) is 0 Å². The Labute approximate surface area is 106 Å². The predicted molar refractivity (Wildman–Crippen MR) is 70.9 cm³/mol. The normalized spacial score (nSPS) is 10.5. The van der Waals surface area contributed by atoms with Gasteiger partial charge in [0, 0.05) is 19.3 Å². The lowest BCUT2D eigenvalue weighted by molar-refractivity contribution is -0.131. The average Bonchev–Trinajstić information content (AvgIpc) is 2.38. The van der Waals surface area contributed by atoms with Gasteiger partial charge in [0.25, 0.3) is 0 Å². The second-order valence-electron chi connectivity index (χ2n) is 3.78. The van der Waals surface area contributed by atoms with Crippen molar-refractivity contribution < 1.29 is 9.53 Å². The molecule has 0 unspecified atom stereocenters. The van der Waals surface area contributed by atoms with Crippen LogP contribution in [0.15, 0.2) is 48.8 Å². The Balaban J connectivity index is 2.06. The van der Waals surface area contributed by atoms with Crippen molar-refractivity contribution in [2.75, 3.05) is 0 Å². The highest BCUT2D eigenvalue weighted by molar-refractivity contribution is 5.71. The topological polar surface area (TPSA) is 39.2 Å². The molecule has 0 N–H and O–H groups in total. The standard InChI is InChI=1S/C15H13NO2/c1-12(17)18-15-6-4-13(5-7-15)2-3-14-8-10-16-11-9-14/h2-11H,1H3/b3-2+. The first kappa shape index (κ1) is 12.0. The summed E-state index contributed by atoms with van der Waals surface area (Å²) in [7, 11) is 0. The quantitative estimate of drug-likeness (QED) is 0.610. The van der Waals surface area contributed by atoms with Crippen LogP contribution in [-0.4, -0.2) is 11.0 Å². The van der Waals surface area contributed by atoms with Crippen molar-refractivity contribution in [2.24, 2.45) is 0 Å². The zero-order valence-corrected chi connectivity index (χ0v) is 10.0. The minimum atomic E-state index is -0.310. The fraction of sp³-hybridized carbons (Fsp3) is 0.0667. The van der Waals surface area contributed by atoms with Gasteiger partial charge in [-0.1, -0.05) is 24.3 Å². The molecule has 0 spiro atoms. The summed E-state index contributed by atoms with van der Waals surface area (Å²) in [5, 5.41) is 0. The Kier molecular flexibility index (Phi) is 3.86. The van der Waals surface area contributed by atoms with Crippen LogP contribution in [0.25, 0.3) is 12.2 Å². The molecule has 0 radical (unpaired) electrons. The van der Waals surface area contributed by atoms with Gasteiger partial charge in [-0.2, -0.15) is 0 Å². The molecule has 0 fully saturated rings. The summed E-state index contributed by atoms with van der Waals surface area (Å²) >= 11 is 0. The summed E-state index contributed by atoms with van der Waals surface area (Å²) < 4.78 is 4.96. The molecule has 1 aromatic carbocycles. The summed E-state index contributed by atoms with van der Waals surface area (Å²) in [6.07, 6.45) is 7.50. The van der Waals surface area contributed by atoms with Crippen molar-refractivity contribution in [1.82, 2.24) is 4.98 Å². The maximum absolute atomic E-state index is 10.8. The van der Waals surface area contributed by atoms with Crippen LogP contribution in [0.5, 0.6) is 5.75 Å². The van der Waals surface area contributed by atoms with Crippen molar-refractivity contribution in [3.63, 3.8) is 0 Å². The van der Waals surface area contributed by atoms with Crippen molar-refractivity contribution in [2.45, 2.75) is 6.92 Å². The summed E-state index contributed by atoms with van der Waals surface area (Å²) in [5.41, 5.74) is 2.14. The van der Waals surface area contributed by atoms with Crippen molar-refractivity contribution in [3.05, 3.63) is 59.9 Å². The highest BCUT2D eigenvalue weighted by Gasteiger charge is 1.96. The third-order valence-electron chi connectivity index (χ3n) is 2.32. The maximum Gasteiger partial charge on any atom is 0.308 e. The monoisotopic (exact) mass is 239 g/mol. The lowest BCUT2D eigenvalue weighted by Gasteiger charge is -2.00. The maximum atomic E-state index is 10.8. The zero-order chi connectivity index (χ0) is 12.8. The lowest BCUT2D eigenvalue weighted by Crippen LogP contribution is -2.00. The molecular formula is C15H13NO2. The molecule has 3 nitrogen and oxygen atoms in total. The number of ether oxygens (including phenoxy) is 1. The highest BCUT2D eigenvalue weighted by atomic mass is 16.5. The fourth-order valence-corrected chi connectivity index (χ4v) is 1.48. The van der Waals surface area contributed by atoms with Crippen LogP contribution in [0.4, 0.5) is 0 Å². The zero-order valence-electron chi connectivity index (χ0n) is 10.0. The van der Waals surface area contributed by atoms with Gasteiger partial charge in [-0.3, -0.25) is 9.78 Å². The number of aromatic nitrogens is 1. The Hall–Kier alpha value is -2.42. The van der Waals surface area contributed by atoms with Gasteiger partial charge in [0.05, 0.1) is 0 Å². The number of nitrogens with zero attached hydrogens (tertiary/aromatic N) is 1. The molecule has 2 aromatic rings. The number of benzene rings is 1.